The van der Waals surface area contributed by atoms with Crippen LogP contribution < -0.4 is 21.2 Å². The van der Waals surface area contributed by atoms with Crippen LogP contribution in [0.15, 0.2) is 76.4 Å². The van der Waals surface area contributed by atoms with Crippen molar-refractivity contribution in [3.63, 3.8) is 0 Å². The van der Waals surface area contributed by atoms with Crippen LogP contribution >= 0.6 is 0 Å². The third-order valence-electron chi connectivity index (χ3n) is 3.80. The zero-order valence-electron chi connectivity index (χ0n) is 15.9. The smallest absolute Gasteiger partial charge is 0.379 e. The highest BCUT2D eigenvalue weighted by atomic mass is 16.5. The Balaban J connectivity index is 1.53. The first-order chi connectivity index (χ1) is 14.9. The van der Waals surface area contributed by atoms with Gasteiger partial charge in [0.2, 0.25) is 11.7 Å². The molecule has 156 valence electrons. The Bertz CT molecular complexity index is 1140. The number of primary amides is 1. The van der Waals surface area contributed by atoms with E-state index in [2.05, 4.69) is 15.8 Å². The molecule has 10 nitrogen and oxygen atoms in total. The number of nitrogens with two attached hydrogens (primary N) is 1. The van der Waals surface area contributed by atoms with Gasteiger partial charge in [0, 0.05) is 11.3 Å². The average Bonchev–Trinajstić information content (AvgIpc) is 3.29. The van der Waals surface area contributed by atoms with Gasteiger partial charge in [-0.3, -0.25) is 14.4 Å². The van der Waals surface area contributed by atoms with Crippen LogP contribution in [0.3, 0.4) is 0 Å². The number of hydrogen-bond donors (Lipinski definition) is 3. The van der Waals surface area contributed by atoms with Crippen LogP contribution in [0, 0.1) is 0 Å². The molecule has 10 heteroatoms. The molecule has 0 aliphatic heterocycles. The maximum Gasteiger partial charge on any atom is 0.379 e. The van der Waals surface area contributed by atoms with Gasteiger partial charge in [0.15, 0.2) is 0 Å². The first kappa shape index (κ1) is 21.0. The maximum atomic E-state index is 11.9. The SMILES string of the molecule is NC(=O)c1ccc(NC(=O)C(=O)N/N=C/c2cccc(OC(=O)c3ccco3)c2)cc1. The van der Waals surface area contributed by atoms with Crippen LogP contribution in [-0.2, 0) is 9.59 Å². The zero-order valence-corrected chi connectivity index (χ0v) is 15.9. The number of furan rings is 1. The molecule has 0 atom stereocenters. The first-order valence-corrected chi connectivity index (χ1v) is 8.82. The van der Waals surface area contributed by atoms with Gasteiger partial charge in [0.05, 0.1) is 12.5 Å². The monoisotopic (exact) mass is 420 g/mol. The molecule has 0 aliphatic rings. The van der Waals surface area contributed by atoms with Crippen LogP contribution in [0.1, 0.15) is 26.5 Å². The molecule has 3 amide bonds. The molecule has 0 bridgehead atoms. The molecule has 1 aromatic heterocycles. The largest absolute Gasteiger partial charge is 0.457 e. The van der Waals surface area contributed by atoms with Crippen molar-refractivity contribution < 1.29 is 28.3 Å². The second-order valence-electron chi connectivity index (χ2n) is 6.03. The van der Waals surface area contributed by atoms with E-state index in [0.29, 0.717) is 11.3 Å². The van der Waals surface area contributed by atoms with E-state index in [9.17, 15) is 19.2 Å². The van der Waals surface area contributed by atoms with Crippen LogP contribution in [0.4, 0.5) is 5.69 Å². The van der Waals surface area contributed by atoms with Gasteiger partial charge in [-0.15, -0.1) is 0 Å². The van der Waals surface area contributed by atoms with Crippen molar-refractivity contribution >= 4 is 35.6 Å². The van der Waals surface area contributed by atoms with E-state index >= 15 is 0 Å². The normalized spacial score (nSPS) is 10.5. The number of amides is 3. The number of anilines is 1. The van der Waals surface area contributed by atoms with Gasteiger partial charge in [-0.1, -0.05) is 12.1 Å². The first-order valence-electron chi connectivity index (χ1n) is 8.82. The minimum atomic E-state index is -1.00. The summed E-state index contributed by atoms with van der Waals surface area (Å²) in [4.78, 5) is 46.7. The van der Waals surface area contributed by atoms with Crippen LogP contribution in [0.5, 0.6) is 5.75 Å². The second-order valence-corrected chi connectivity index (χ2v) is 6.03. The summed E-state index contributed by atoms with van der Waals surface area (Å²) in [7, 11) is 0. The minimum absolute atomic E-state index is 0.0570. The summed E-state index contributed by atoms with van der Waals surface area (Å²) in [6, 6.07) is 15.1. The minimum Gasteiger partial charge on any atom is -0.457 e. The summed E-state index contributed by atoms with van der Waals surface area (Å²) in [6.07, 6.45) is 2.63. The standard InChI is InChI=1S/C21H16N4O6/c22-18(26)14-6-8-15(9-7-14)24-19(27)20(28)25-23-12-13-3-1-4-16(11-13)31-21(29)17-5-2-10-30-17/h1-12H,(H2,22,26)(H,24,27)(H,25,28)/b23-12+. The molecule has 1 heterocycles. The maximum absolute atomic E-state index is 11.9. The topological polar surface area (TPSA) is 153 Å². The van der Waals surface area contributed by atoms with Gasteiger partial charge in [-0.25, -0.2) is 10.2 Å². The van der Waals surface area contributed by atoms with Gasteiger partial charge < -0.3 is 20.2 Å². The summed E-state index contributed by atoms with van der Waals surface area (Å²) in [5, 5.41) is 6.06. The number of esters is 1. The Kier molecular flexibility index (Phi) is 6.54. The number of benzene rings is 2. The third kappa shape index (κ3) is 5.87. The Morgan fingerprint density at radius 3 is 2.42 bits per heavy atom. The fraction of sp³-hybridized carbons (Fsp3) is 0. The summed E-state index contributed by atoms with van der Waals surface area (Å²) in [5.74, 6) is -2.92. The molecular formula is C21H16N4O6. The van der Waals surface area contributed by atoms with E-state index in [-0.39, 0.29) is 17.1 Å². The predicted molar refractivity (Wildman–Crippen MR) is 109 cm³/mol. The molecule has 0 aliphatic carbocycles. The van der Waals surface area contributed by atoms with Gasteiger partial charge in [0.25, 0.3) is 0 Å². The van der Waals surface area contributed by atoms with E-state index in [1.54, 1.807) is 24.3 Å². The number of carbonyl (C=O) groups is 4. The van der Waals surface area contributed by atoms with E-state index < -0.39 is 23.7 Å². The highest BCUT2D eigenvalue weighted by Crippen LogP contribution is 2.14. The number of hydrogen-bond acceptors (Lipinski definition) is 7. The Labute approximate surface area is 175 Å². The second kappa shape index (κ2) is 9.65. The molecule has 3 aromatic rings. The van der Waals surface area contributed by atoms with Crippen molar-refractivity contribution in [3.05, 3.63) is 83.8 Å². The molecule has 0 saturated carbocycles. The van der Waals surface area contributed by atoms with Gasteiger partial charge in [-0.2, -0.15) is 5.10 Å². The van der Waals surface area contributed by atoms with E-state index in [1.807, 2.05) is 0 Å². The Hall–Kier alpha value is -4.73. The Morgan fingerprint density at radius 1 is 0.968 bits per heavy atom. The average molecular weight is 420 g/mol. The Morgan fingerprint density at radius 2 is 1.74 bits per heavy atom. The molecule has 0 spiro atoms. The fourth-order valence-corrected chi connectivity index (χ4v) is 2.33. The van der Waals surface area contributed by atoms with Crippen LogP contribution in [-0.4, -0.2) is 29.9 Å². The number of ether oxygens (including phenoxy) is 1. The zero-order chi connectivity index (χ0) is 22.2. The number of hydrazone groups is 1. The number of nitrogens with one attached hydrogen (secondary N) is 2. The lowest BCUT2D eigenvalue weighted by Gasteiger charge is -2.05. The number of carbonyl (C=O) groups excluding carboxylic acids is 4. The molecule has 3 rings (SSSR count). The van der Waals surface area contributed by atoms with Crippen molar-refractivity contribution in [1.29, 1.82) is 0 Å². The van der Waals surface area contributed by atoms with Crippen molar-refractivity contribution in [2.75, 3.05) is 5.32 Å². The summed E-state index contributed by atoms with van der Waals surface area (Å²) < 4.78 is 10.1. The summed E-state index contributed by atoms with van der Waals surface area (Å²) in [6.45, 7) is 0. The van der Waals surface area contributed by atoms with Crippen molar-refractivity contribution in [1.82, 2.24) is 5.43 Å². The molecule has 0 fully saturated rings. The summed E-state index contributed by atoms with van der Waals surface area (Å²) >= 11 is 0. The van der Waals surface area contributed by atoms with Gasteiger partial charge in [0.1, 0.15) is 5.75 Å². The van der Waals surface area contributed by atoms with E-state index in [1.165, 1.54) is 48.9 Å². The number of rotatable bonds is 6. The lowest BCUT2D eigenvalue weighted by atomic mass is 10.2. The summed E-state index contributed by atoms with van der Waals surface area (Å²) in [5.41, 5.74) is 8.30. The van der Waals surface area contributed by atoms with Gasteiger partial charge in [-0.05, 0) is 54.1 Å². The lowest BCUT2D eigenvalue weighted by Crippen LogP contribution is -2.32. The molecule has 4 N–H and O–H groups in total. The molecular weight excluding hydrogens is 404 g/mol. The fourth-order valence-electron chi connectivity index (χ4n) is 2.33. The molecule has 2 aromatic carbocycles. The molecule has 0 unspecified atom stereocenters. The van der Waals surface area contributed by atoms with Crippen molar-refractivity contribution in [2.24, 2.45) is 10.8 Å². The van der Waals surface area contributed by atoms with Gasteiger partial charge >= 0.3 is 17.8 Å². The lowest BCUT2D eigenvalue weighted by molar-refractivity contribution is -0.136. The quantitative estimate of drug-likeness (QED) is 0.181. The molecule has 0 saturated heterocycles. The third-order valence-corrected chi connectivity index (χ3v) is 3.80. The van der Waals surface area contributed by atoms with E-state index in [4.69, 9.17) is 14.9 Å². The number of nitrogens with zero attached hydrogens (tertiary/aromatic N) is 1. The van der Waals surface area contributed by atoms with Crippen LogP contribution in [0.25, 0.3) is 0 Å². The highest BCUT2D eigenvalue weighted by Gasteiger charge is 2.13. The highest BCUT2D eigenvalue weighted by molar-refractivity contribution is 6.39. The molecule has 0 radical (unpaired) electrons. The van der Waals surface area contributed by atoms with Crippen LogP contribution in [0.2, 0.25) is 0 Å². The van der Waals surface area contributed by atoms with E-state index in [0.717, 1.165) is 0 Å². The molecule has 31 heavy (non-hydrogen) atoms. The predicted octanol–water partition coefficient (Wildman–Crippen LogP) is 1.69. The van der Waals surface area contributed by atoms with Crippen molar-refractivity contribution in [2.45, 2.75) is 0 Å². The van der Waals surface area contributed by atoms with Crippen molar-refractivity contribution in [3.8, 4) is 5.75 Å².